The minimum atomic E-state index is -4.01. The van der Waals surface area contributed by atoms with Crippen molar-refractivity contribution in [3.05, 3.63) is 54.4 Å². The summed E-state index contributed by atoms with van der Waals surface area (Å²) in [4.78, 5) is 14.8. The number of hydrogen-bond acceptors (Lipinski definition) is 4. The highest BCUT2D eigenvalue weighted by molar-refractivity contribution is 7.93. The van der Waals surface area contributed by atoms with Crippen molar-refractivity contribution in [2.45, 2.75) is 24.2 Å². The molecule has 0 radical (unpaired) electrons. The van der Waals surface area contributed by atoms with Crippen molar-refractivity contribution < 1.29 is 18.3 Å². The predicted octanol–water partition coefficient (Wildman–Crippen LogP) is 2.78. The Morgan fingerprint density at radius 3 is 2.46 bits per heavy atom. The monoisotopic (exact) mass is 346 g/mol. The number of rotatable bonds is 6. The van der Waals surface area contributed by atoms with Gasteiger partial charge in [0.15, 0.2) is 5.69 Å². The molecule has 24 heavy (non-hydrogen) atoms. The van der Waals surface area contributed by atoms with Crippen molar-refractivity contribution in [1.29, 1.82) is 0 Å². The lowest BCUT2D eigenvalue weighted by atomic mass is 9.85. The first-order valence-corrected chi connectivity index (χ1v) is 9.20. The van der Waals surface area contributed by atoms with E-state index < -0.39 is 21.7 Å². The van der Waals surface area contributed by atoms with Gasteiger partial charge in [-0.1, -0.05) is 24.6 Å². The van der Waals surface area contributed by atoms with Crippen molar-refractivity contribution in [3.8, 4) is 0 Å². The second-order valence-corrected chi connectivity index (χ2v) is 7.65. The van der Waals surface area contributed by atoms with E-state index in [1.807, 2.05) is 6.07 Å². The van der Waals surface area contributed by atoms with Crippen molar-refractivity contribution in [2.75, 3.05) is 10.8 Å². The van der Waals surface area contributed by atoms with E-state index in [0.717, 1.165) is 19.3 Å². The Labute approximate surface area is 140 Å². The molecule has 1 saturated carbocycles. The van der Waals surface area contributed by atoms with Gasteiger partial charge in [0, 0.05) is 12.7 Å². The average molecular weight is 346 g/mol. The highest BCUT2D eigenvalue weighted by Crippen LogP contribution is 2.32. The maximum absolute atomic E-state index is 13.2. The third-order valence-electron chi connectivity index (χ3n) is 4.23. The van der Waals surface area contributed by atoms with E-state index in [9.17, 15) is 18.3 Å². The summed E-state index contributed by atoms with van der Waals surface area (Å²) in [6.45, 7) is 0.348. The SMILES string of the molecule is O=C(O)c1ncccc1S(=O)(=O)N(CC1CCC1)c1ccccc1. The molecule has 7 heteroatoms. The first-order valence-electron chi connectivity index (χ1n) is 7.76. The number of aromatic carboxylic acids is 1. The quantitative estimate of drug-likeness (QED) is 0.869. The molecule has 6 nitrogen and oxygen atoms in total. The van der Waals surface area contributed by atoms with Gasteiger partial charge in [0.05, 0.1) is 5.69 Å². The largest absolute Gasteiger partial charge is 0.476 e. The summed E-state index contributed by atoms with van der Waals surface area (Å²) in [6, 6.07) is 11.5. The number of carboxylic acid groups (broad SMARTS) is 1. The highest BCUT2D eigenvalue weighted by atomic mass is 32.2. The molecule has 0 spiro atoms. The summed E-state index contributed by atoms with van der Waals surface area (Å²) in [5, 5.41) is 9.28. The van der Waals surface area contributed by atoms with Gasteiger partial charge in [0.2, 0.25) is 0 Å². The van der Waals surface area contributed by atoms with Crippen molar-refractivity contribution in [3.63, 3.8) is 0 Å². The Kier molecular flexibility index (Phi) is 4.53. The second-order valence-electron chi connectivity index (χ2n) is 5.82. The van der Waals surface area contributed by atoms with Crippen molar-refractivity contribution >= 4 is 21.7 Å². The Balaban J connectivity index is 2.07. The molecule has 1 aliphatic carbocycles. The zero-order valence-electron chi connectivity index (χ0n) is 13.0. The molecule has 3 rings (SSSR count). The Morgan fingerprint density at radius 2 is 1.88 bits per heavy atom. The number of nitrogens with zero attached hydrogens (tertiary/aromatic N) is 2. The maximum Gasteiger partial charge on any atom is 0.355 e. The van der Waals surface area contributed by atoms with Gasteiger partial charge in [-0.3, -0.25) is 4.31 Å². The standard InChI is InChI=1S/C17H18N2O4S/c20-17(21)16-15(10-5-11-18-16)24(22,23)19(12-13-6-4-7-13)14-8-2-1-3-9-14/h1-3,5,8-11,13H,4,6-7,12H2,(H,20,21). The van der Waals surface area contributed by atoms with Gasteiger partial charge in [0.1, 0.15) is 4.90 Å². The van der Waals surface area contributed by atoms with Crippen LogP contribution < -0.4 is 4.31 Å². The van der Waals surface area contributed by atoms with Gasteiger partial charge in [-0.2, -0.15) is 0 Å². The number of aromatic nitrogens is 1. The van der Waals surface area contributed by atoms with E-state index in [4.69, 9.17) is 0 Å². The van der Waals surface area contributed by atoms with Gasteiger partial charge >= 0.3 is 5.97 Å². The topological polar surface area (TPSA) is 87.6 Å². The van der Waals surface area contributed by atoms with Crippen molar-refractivity contribution in [1.82, 2.24) is 4.98 Å². The zero-order chi connectivity index (χ0) is 17.2. The molecule has 1 aromatic carbocycles. The van der Waals surface area contributed by atoms with Crippen LogP contribution in [0, 0.1) is 5.92 Å². The molecule has 2 aromatic rings. The number of anilines is 1. The van der Waals surface area contributed by atoms with Crippen LogP contribution in [0.1, 0.15) is 29.8 Å². The lowest BCUT2D eigenvalue weighted by Crippen LogP contribution is -2.38. The fourth-order valence-corrected chi connectivity index (χ4v) is 4.40. The molecule has 0 aliphatic heterocycles. The minimum absolute atomic E-state index is 0.277. The van der Waals surface area contributed by atoms with Crippen LogP contribution >= 0.6 is 0 Å². The number of pyridine rings is 1. The van der Waals surface area contributed by atoms with E-state index in [1.165, 1.54) is 22.6 Å². The third-order valence-corrected chi connectivity index (χ3v) is 6.06. The smallest absolute Gasteiger partial charge is 0.355 e. The van der Waals surface area contributed by atoms with Crippen LogP contribution in [0.2, 0.25) is 0 Å². The van der Waals surface area contributed by atoms with Crippen LogP contribution in [0.5, 0.6) is 0 Å². The van der Waals surface area contributed by atoms with Gasteiger partial charge < -0.3 is 5.11 Å². The summed E-state index contributed by atoms with van der Waals surface area (Å²) in [6.07, 6.45) is 4.34. The number of hydrogen-bond donors (Lipinski definition) is 1. The summed E-state index contributed by atoms with van der Waals surface area (Å²) in [5.41, 5.74) is 0.0802. The molecule has 0 atom stereocenters. The molecule has 1 heterocycles. The molecular formula is C17H18N2O4S. The Morgan fingerprint density at radius 1 is 1.17 bits per heavy atom. The highest BCUT2D eigenvalue weighted by Gasteiger charge is 2.33. The Hall–Kier alpha value is -2.41. The molecule has 0 unspecified atom stereocenters. The third kappa shape index (κ3) is 3.12. The summed E-state index contributed by atoms with van der Waals surface area (Å²) in [7, 11) is -4.01. The zero-order valence-corrected chi connectivity index (χ0v) is 13.8. The van der Waals surface area contributed by atoms with E-state index in [1.54, 1.807) is 24.3 Å². The number of para-hydroxylation sites is 1. The lowest BCUT2D eigenvalue weighted by Gasteiger charge is -2.33. The van der Waals surface area contributed by atoms with Gasteiger partial charge in [-0.25, -0.2) is 18.2 Å². The van der Waals surface area contributed by atoms with E-state index >= 15 is 0 Å². The average Bonchev–Trinajstić information content (AvgIpc) is 2.54. The number of benzene rings is 1. The number of carbonyl (C=O) groups is 1. The molecule has 0 saturated heterocycles. The van der Waals surface area contributed by atoms with Crippen LogP contribution in [0.3, 0.4) is 0 Å². The molecule has 0 bridgehead atoms. The van der Waals surface area contributed by atoms with E-state index in [0.29, 0.717) is 18.2 Å². The van der Waals surface area contributed by atoms with Gasteiger partial charge in [-0.05, 0) is 43.0 Å². The second kappa shape index (κ2) is 6.60. The number of sulfonamides is 1. The van der Waals surface area contributed by atoms with Crippen LogP contribution in [0.4, 0.5) is 5.69 Å². The van der Waals surface area contributed by atoms with Gasteiger partial charge in [0.25, 0.3) is 10.0 Å². The summed E-state index contributed by atoms with van der Waals surface area (Å²) < 4.78 is 27.6. The molecule has 1 aliphatic rings. The van der Waals surface area contributed by atoms with Gasteiger partial charge in [-0.15, -0.1) is 0 Å². The number of carboxylic acids is 1. The van der Waals surface area contributed by atoms with Crippen LogP contribution in [0.15, 0.2) is 53.6 Å². The maximum atomic E-state index is 13.2. The van der Waals surface area contributed by atoms with Crippen LogP contribution in [0.25, 0.3) is 0 Å². The molecule has 0 amide bonds. The van der Waals surface area contributed by atoms with Crippen LogP contribution in [-0.2, 0) is 10.0 Å². The molecule has 126 valence electrons. The fourth-order valence-electron chi connectivity index (χ4n) is 2.72. The Bertz CT molecular complexity index is 833. The minimum Gasteiger partial charge on any atom is -0.476 e. The first kappa shape index (κ1) is 16.4. The predicted molar refractivity (Wildman–Crippen MR) is 89.5 cm³/mol. The molecule has 1 fully saturated rings. The summed E-state index contributed by atoms with van der Waals surface area (Å²) in [5.74, 6) is -1.06. The first-order chi connectivity index (χ1) is 11.5. The fraction of sp³-hybridized carbons (Fsp3) is 0.294. The van der Waals surface area contributed by atoms with E-state index in [-0.39, 0.29) is 4.90 Å². The van der Waals surface area contributed by atoms with Crippen LogP contribution in [-0.4, -0.2) is 31.0 Å². The van der Waals surface area contributed by atoms with Crippen molar-refractivity contribution in [2.24, 2.45) is 5.92 Å². The van der Waals surface area contributed by atoms with E-state index in [2.05, 4.69) is 4.98 Å². The molecule has 1 aromatic heterocycles. The summed E-state index contributed by atoms with van der Waals surface area (Å²) >= 11 is 0. The lowest BCUT2D eigenvalue weighted by molar-refractivity contribution is 0.0686. The molecule has 1 N–H and O–H groups in total. The molecular weight excluding hydrogens is 328 g/mol. The normalized spacial score (nSPS) is 14.8.